The van der Waals surface area contributed by atoms with Gasteiger partial charge in [0.15, 0.2) is 11.7 Å². The number of aromatic nitrogens is 1. The quantitative estimate of drug-likeness (QED) is 0.316. The van der Waals surface area contributed by atoms with E-state index in [0.29, 0.717) is 53.9 Å². The Labute approximate surface area is 334 Å². The van der Waals surface area contributed by atoms with Gasteiger partial charge in [-0.3, -0.25) is 33.3 Å². The van der Waals surface area contributed by atoms with E-state index in [9.17, 15) is 32.4 Å². The van der Waals surface area contributed by atoms with Gasteiger partial charge in [0.05, 0.1) is 35.6 Å². The molecule has 2 aromatic rings. The Balaban J connectivity index is 1.24. The summed E-state index contributed by atoms with van der Waals surface area (Å²) in [5, 5.41) is 0.990. The van der Waals surface area contributed by atoms with Crippen LogP contribution in [0.4, 0.5) is 0 Å². The van der Waals surface area contributed by atoms with Gasteiger partial charge < -0.3 is 14.4 Å². The summed E-state index contributed by atoms with van der Waals surface area (Å²) in [4.78, 5) is 72.2. The van der Waals surface area contributed by atoms with Gasteiger partial charge in [0, 0.05) is 35.9 Å². The van der Waals surface area contributed by atoms with Crippen molar-refractivity contribution in [1.29, 1.82) is 0 Å². The minimum Gasteiger partial charge on any atom is -0.473 e. The molecule has 1 N–H and O–H groups in total. The lowest BCUT2D eigenvalue weighted by atomic mass is 9.77. The molecule has 2 bridgehead atoms. The number of nitrogens with zero attached hydrogens (tertiary/aromatic N) is 2. The van der Waals surface area contributed by atoms with Gasteiger partial charge in [-0.05, 0) is 92.2 Å². The number of nitrogens with one attached hydrogen (secondary N) is 1. The molecule has 12 nitrogen and oxygen atoms in total. The Morgan fingerprint density at radius 1 is 0.982 bits per heavy atom. The lowest BCUT2D eigenvalue weighted by Gasteiger charge is -2.35. The molecule has 1 aromatic carbocycles. The largest absolute Gasteiger partial charge is 0.473 e. The zero-order chi connectivity index (χ0) is 40.2. The normalized spacial score (nSPS) is 30.4. The van der Waals surface area contributed by atoms with Gasteiger partial charge in [0.25, 0.3) is 5.56 Å². The second-order valence-corrected chi connectivity index (χ2v) is 20.5. The Morgan fingerprint density at radius 3 is 2.43 bits per heavy atom. The minimum absolute atomic E-state index is 0.00972. The number of sulfonamides is 1. The van der Waals surface area contributed by atoms with Crippen LogP contribution in [0.15, 0.2) is 29.1 Å². The van der Waals surface area contributed by atoms with Crippen LogP contribution < -0.4 is 15.0 Å². The van der Waals surface area contributed by atoms with Crippen molar-refractivity contribution >= 4 is 56.0 Å². The fraction of sp³-hybridized carbons (Fsp3) is 0.690. The van der Waals surface area contributed by atoms with Crippen LogP contribution in [0.5, 0.6) is 5.88 Å². The summed E-state index contributed by atoms with van der Waals surface area (Å²) in [5.74, 6) is -2.30. The standard InChI is InChI=1S/C42H56ClN3O9S/c1-5-27-22-42(27,40(51)44-56(52,53)30-14-15-30)23-34(47)33-20-29-24-46(33)39(50)32(41(2,3)4)21-37(48)55-35-12-9-11-25(35)10-7-6-8-17-45-36(54-29)19-26-18-28(43)13-16-31(26)38(45)49/h13,16,18-19,25,27,29-30,32-33,35H,5-12,14-15,17,20-24H2,1-4H3,(H,44,51)/t25-,27+,29-,32-,33+,35-,42-/m1/s1. The Hall–Kier alpha value is -3.45. The highest BCUT2D eigenvalue weighted by atomic mass is 35.5. The first-order valence-electron chi connectivity index (χ1n) is 20.6. The van der Waals surface area contributed by atoms with Crippen molar-refractivity contribution in [2.45, 2.75) is 148 Å². The molecule has 0 spiro atoms. The summed E-state index contributed by atoms with van der Waals surface area (Å²) >= 11 is 6.35. The number of hydrogen-bond donors (Lipinski definition) is 1. The molecule has 5 aliphatic rings. The SMILES string of the molecule is CC[C@H]1C[C@]1(CC(=O)[C@@H]1C[C@@H]2CN1C(=O)[C@H](C(C)(C)C)CC(=O)O[C@@H]1CCC[C@H]1CCCCCn1c(cc3cc(Cl)ccc3c1=O)O2)C(=O)NS(=O)(=O)C1CC1. The van der Waals surface area contributed by atoms with E-state index in [2.05, 4.69) is 4.72 Å². The smallest absolute Gasteiger partial charge is 0.306 e. The number of halogens is 1. The molecule has 2 aliphatic heterocycles. The van der Waals surface area contributed by atoms with E-state index in [-0.39, 0.29) is 61.0 Å². The maximum Gasteiger partial charge on any atom is 0.306 e. The molecule has 1 saturated heterocycles. The lowest BCUT2D eigenvalue weighted by Crippen LogP contribution is -2.48. The summed E-state index contributed by atoms with van der Waals surface area (Å²) in [5.41, 5.74) is -2.10. The number of benzene rings is 1. The van der Waals surface area contributed by atoms with Crippen LogP contribution in [0.3, 0.4) is 0 Å². The average molecular weight is 814 g/mol. The maximum absolute atomic E-state index is 14.8. The van der Waals surface area contributed by atoms with Crippen LogP contribution in [0.25, 0.3) is 10.8 Å². The number of carbonyl (C=O) groups is 4. The molecule has 3 heterocycles. The number of amides is 2. The fourth-order valence-electron chi connectivity index (χ4n) is 9.52. The van der Waals surface area contributed by atoms with Crippen molar-refractivity contribution in [2.75, 3.05) is 6.54 Å². The van der Waals surface area contributed by atoms with Crippen LogP contribution in [0.2, 0.25) is 5.02 Å². The van der Waals surface area contributed by atoms with Crippen molar-refractivity contribution in [3.05, 3.63) is 39.6 Å². The molecule has 14 heteroatoms. The van der Waals surface area contributed by atoms with Gasteiger partial charge in [-0.25, -0.2) is 8.42 Å². The molecule has 4 fully saturated rings. The molecule has 2 amide bonds. The van der Waals surface area contributed by atoms with Gasteiger partial charge in [-0.1, -0.05) is 58.6 Å². The van der Waals surface area contributed by atoms with Crippen LogP contribution in [0, 0.1) is 28.6 Å². The van der Waals surface area contributed by atoms with Gasteiger partial charge in [0.1, 0.15) is 12.2 Å². The number of ether oxygens (including phenoxy) is 2. The third-order valence-electron chi connectivity index (χ3n) is 13.1. The van der Waals surface area contributed by atoms with Crippen LogP contribution in [-0.4, -0.2) is 71.5 Å². The molecule has 56 heavy (non-hydrogen) atoms. The average Bonchev–Trinajstić information content (AvgIpc) is 4.02. The maximum atomic E-state index is 14.8. The number of ketones is 1. The first-order valence-corrected chi connectivity index (χ1v) is 22.5. The van der Waals surface area contributed by atoms with Crippen molar-refractivity contribution in [2.24, 2.45) is 28.6 Å². The molecule has 7 atom stereocenters. The zero-order valence-electron chi connectivity index (χ0n) is 33.0. The Bertz CT molecular complexity index is 2060. The number of rotatable bonds is 7. The molecule has 3 saturated carbocycles. The van der Waals surface area contributed by atoms with Crippen molar-refractivity contribution in [1.82, 2.24) is 14.2 Å². The topological polar surface area (TPSA) is 158 Å². The van der Waals surface area contributed by atoms with E-state index in [4.69, 9.17) is 21.1 Å². The molecule has 306 valence electrons. The lowest BCUT2D eigenvalue weighted by molar-refractivity contribution is -0.158. The van der Waals surface area contributed by atoms with Crippen LogP contribution in [-0.2, 0) is 40.5 Å². The van der Waals surface area contributed by atoms with E-state index in [1.165, 1.54) is 4.90 Å². The molecule has 0 radical (unpaired) electrons. The van der Waals surface area contributed by atoms with Gasteiger partial charge >= 0.3 is 5.97 Å². The predicted molar refractivity (Wildman–Crippen MR) is 212 cm³/mol. The summed E-state index contributed by atoms with van der Waals surface area (Å²) in [7, 11) is -3.84. The van der Waals surface area contributed by atoms with E-state index >= 15 is 0 Å². The Kier molecular flexibility index (Phi) is 11.4. The van der Waals surface area contributed by atoms with Crippen LogP contribution >= 0.6 is 11.6 Å². The fourth-order valence-corrected chi connectivity index (χ4v) is 11.1. The van der Waals surface area contributed by atoms with Crippen molar-refractivity contribution in [3.63, 3.8) is 0 Å². The number of fused-ring (bicyclic) bond motifs is 5. The highest BCUT2D eigenvalue weighted by Crippen LogP contribution is 2.58. The third-order valence-corrected chi connectivity index (χ3v) is 15.2. The number of carbonyl (C=O) groups excluding carboxylic acids is 4. The predicted octanol–water partition coefficient (Wildman–Crippen LogP) is 6.33. The third kappa shape index (κ3) is 8.40. The molecule has 0 unspecified atom stereocenters. The number of pyridine rings is 1. The number of hydrogen-bond acceptors (Lipinski definition) is 9. The molecule has 1 aromatic heterocycles. The summed E-state index contributed by atoms with van der Waals surface area (Å²) in [6.07, 6.45) is 6.84. The molecule has 3 aliphatic carbocycles. The van der Waals surface area contributed by atoms with E-state index in [1.54, 1.807) is 28.8 Å². The highest BCUT2D eigenvalue weighted by Gasteiger charge is 2.62. The molecule has 7 rings (SSSR count). The minimum atomic E-state index is -3.84. The van der Waals surface area contributed by atoms with Crippen molar-refractivity contribution < 1.29 is 37.1 Å². The second kappa shape index (κ2) is 15.7. The van der Waals surface area contributed by atoms with E-state index in [0.717, 1.165) is 44.9 Å². The molecular formula is C42H56ClN3O9S. The first kappa shape index (κ1) is 40.7. The van der Waals surface area contributed by atoms with Crippen molar-refractivity contribution in [3.8, 4) is 5.88 Å². The summed E-state index contributed by atoms with van der Waals surface area (Å²) < 4.78 is 42.3. The first-order chi connectivity index (χ1) is 26.5. The van der Waals surface area contributed by atoms with Gasteiger partial charge in [0.2, 0.25) is 21.8 Å². The number of esters is 1. The summed E-state index contributed by atoms with van der Waals surface area (Å²) in [6.45, 7) is 8.00. The zero-order valence-corrected chi connectivity index (χ0v) is 34.6. The van der Waals surface area contributed by atoms with Crippen LogP contribution in [0.1, 0.15) is 118 Å². The van der Waals surface area contributed by atoms with Gasteiger partial charge in [-0.15, -0.1) is 0 Å². The highest BCUT2D eigenvalue weighted by molar-refractivity contribution is 7.90. The van der Waals surface area contributed by atoms with Gasteiger partial charge in [-0.2, -0.15) is 0 Å². The second-order valence-electron chi connectivity index (χ2n) is 18.1. The number of Topliss-reactive ketones (excluding diaryl/α,β-unsaturated/α-hetero) is 1. The van der Waals surface area contributed by atoms with E-state index < -0.39 is 56.0 Å². The Morgan fingerprint density at radius 2 is 1.73 bits per heavy atom. The monoisotopic (exact) mass is 813 g/mol. The van der Waals surface area contributed by atoms with E-state index in [1.807, 2.05) is 27.7 Å². The molecular weight excluding hydrogens is 758 g/mol. The summed E-state index contributed by atoms with van der Waals surface area (Å²) in [6, 6.07) is 5.89.